The van der Waals surface area contributed by atoms with Gasteiger partial charge in [0.05, 0.1) is 0 Å². The Hall–Kier alpha value is -0.0800. The first-order valence-corrected chi connectivity index (χ1v) is 8.42. The average molecular weight is 252 g/mol. The third-order valence-corrected chi connectivity index (χ3v) is 4.70. The van der Waals surface area contributed by atoms with Crippen LogP contribution in [0.5, 0.6) is 0 Å². The summed E-state index contributed by atoms with van der Waals surface area (Å²) in [4.78, 5) is 0. The molecule has 18 heavy (non-hydrogen) atoms. The minimum Gasteiger partial charge on any atom is -0.313 e. The topological polar surface area (TPSA) is 24.1 Å². The van der Waals surface area contributed by atoms with E-state index in [1.807, 2.05) is 0 Å². The maximum absolute atomic E-state index is 3.75. The molecule has 2 N–H and O–H groups in total. The van der Waals surface area contributed by atoms with Gasteiger partial charge in [-0.3, -0.25) is 0 Å². The van der Waals surface area contributed by atoms with E-state index in [1.165, 1.54) is 90.1 Å². The van der Waals surface area contributed by atoms with Crippen molar-refractivity contribution in [3.63, 3.8) is 0 Å². The van der Waals surface area contributed by atoms with Crippen LogP contribution in [-0.4, -0.2) is 25.2 Å². The van der Waals surface area contributed by atoms with Crippen molar-refractivity contribution < 1.29 is 0 Å². The van der Waals surface area contributed by atoms with Crippen molar-refractivity contribution in [1.82, 2.24) is 10.6 Å². The van der Waals surface area contributed by atoms with Gasteiger partial charge in [-0.25, -0.2) is 0 Å². The molecule has 2 fully saturated rings. The molecule has 0 amide bonds. The van der Waals surface area contributed by atoms with Crippen molar-refractivity contribution >= 4 is 0 Å². The third kappa shape index (κ3) is 5.71. The Morgan fingerprint density at radius 1 is 0.500 bits per heavy atom. The Morgan fingerprint density at radius 2 is 0.833 bits per heavy atom. The summed E-state index contributed by atoms with van der Waals surface area (Å²) in [6, 6.07) is 1.62. The Bertz CT molecular complexity index is 167. The fourth-order valence-corrected chi connectivity index (χ4v) is 3.52. The highest BCUT2D eigenvalue weighted by Gasteiger charge is 2.13. The molecular weight excluding hydrogens is 220 g/mol. The van der Waals surface area contributed by atoms with E-state index in [-0.39, 0.29) is 0 Å². The predicted molar refractivity (Wildman–Crippen MR) is 79.0 cm³/mol. The van der Waals surface area contributed by atoms with Crippen molar-refractivity contribution in [2.75, 3.05) is 13.1 Å². The zero-order valence-corrected chi connectivity index (χ0v) is 12.1. The van der Waals surface area contributed by atoms with E-state index >= 15 is 0 Å². The average Bonchev–Trinajstić information content (AvgIpc) is 2.79. The van der Waals surface area contributed by atoms with Crippen LogP contribution >= 0.6 is 0 Å². The van der Waals surface area contributed by atoms with Crippen LogP contribution in [0.1, 0.15) is 77.0 Å². The molecular formula is C16H32N2. The van der Waals surface area contributed by atoms with E-state index in [2.05, 4.69) is 10.6 Å². The molecule has 0 spiro atoms. The Balaban J connectivity index is 1.51. The zero-order chi connectivity index (χ0) is 12.5. The summed E-state index contributed by atoms with van der Waals surface area (Å²) in [6.07, 6.45) is 17.2. The van der Waals surface area contributed by atoms with Crippen LogP contribution < -0.4 is 10.6 Å². The SMILES string of the molecule is C1CCCC(NCCNC2CCCCCC2)CC1. The fraction of sp³-hybridized carbons (Fsp3) is 1.00. The Kier molecular flexibility index (Phi) is 7.11. The van der Waals surface area contributed by atoms with Gasteiger partial charge >= 0.3 is 0 Å². The lowest BCUT2D eigenvalue weighted by Crippen LogP contribution is -2.38. The van der Waals surface area contributed by atoms with Gasteiger partial charge in [0.25, 0.3) is 0 Å². The minimum atomic E-state index is 0.809. The van der Waals surface area contributed by atoms with Crippen LogP contribution in [-0.2, 0) is 0 Å². The van der Waals surface area contributed by atoms with Gasteiger partial charge in [-0.15, -0.1) is 0 Å². The Labute approximate surface area is 113 Å². The summed E-state index contributed by atoms with van der Waals surface area (Å²) in [5.74, 6) is 0. The lowest BCUT2D eigenvalue weighted by atomic mass is 10.1. The van der Waals surface area contributed by atoms with Gasteiger partial charge < -0.3 is 10.6 Å². The number of hydrogen-bond donors (Lipinski definition) is 2. The normalized spacial score (nSPS) is 24.7. The lowest BCUT2D eigenvalue weighted by Gasteiger charge is -2.19. The van der Waals surface area contributed by atoms with Crippen LogP contribution in [0.25, 0.3) is 0 Å². The van der Waals surface area contributed by atoms with Gasteiger partial charge in [-0.2, -0.15) is 0 Å². The zero-order valence-electron chi connectivity index (χ0n) is 12.1. The molecule has 0 aromatic heterocycles. The van der Waals surface area contributed by atoms with E-state index in [9.17, 15) is 0 Å². The van der Waals surface area contributed by atoms with Crippen LogP contribution in [0.15, 0.2) is 0 Å². The fourth-order valence-electron chi connectivity index (χ4n) is 3.52. The summed E-state index contributed by atoms with van der Waals surface area (Å²) in [6.45, 7) is 2.34. The smallest absolute Gasteiger partial charge is 0.00794 e. The first-order valence-electron chi connectivity index (χ1n) is 8.42. The monoisotopic (exact) mass is 252 g/mol. The molecule has 2 saturated carbocycles. The highest BCUT2D eigenvalue weighted by atomic mass is 15.0. The van der Waals surface area contributed by atoms with E-state index in [1.54, 1.807) is 0 Å². The second kappa shape index (κ2) is 8.92. The molecule has 106 valence electrons. The van der Waals surface area contributed by atoms with Gasteiger partial charge in [-0.1, -0.05) is 51.4 Å². The molecule has 0 heterocycles. The molecule has 2 heteroatoms. The molecule has 2 aliphatic rings. The highest BCUT2D eigenvalue weighted by molar-refractivity contribution is 4.73. The highest BCUT2D eigenvalue weighted by Crippen LogP contribution is 2.18. The largest absolute Gasteiger partial charge is 0.313 e. The summed E-state index contributed by atoms with van der Waals surface area (Å²) in [5, 5.41) is 7.51. The van der Waals surface area contributed by atoms with E-state index in [0.29, 0.717) is 0 Å². The van der Waals surface area contributed by atoms with Gasteiger partial charge in [-0.05, 0) is 25.7 Å². The summed E-state index contributed by atoms with van der Waals surface area (Å²) < 4.78 is 0. The summed E-state index contributed by atoms with van der Waals surface area (Å²) >= 11 is 0. The van der Waals surface area contributed by atoms with Gasteiger partial charge in [0, 0.05) is 25.2 Å². The maximum atomic E-state index is 3.75. The van der Waals surface area contributed by atoms with Gasteiger partial charge in [0.1, 0.15) is 0 Å². The molecule has 0 radical (unpaired) electrons. The molecule has 0 aliphatic heterocycles. The van der Waals surface area contributed by atoms with Crippen molar-refractivity contribution in [1.29, 1.82) is 0 Å². The summed E-state index contributed by atoms with van der Waals surface area (Å²) in [5.41, 5.74) is 0. The van der Waals surface area contributed by atoms with Crippen LogP contribution in [0.4, 0.5) is 0 Å². The second-order valence-electron chi connectivity index (χ2n) is 6.29. The molecule has 0 aromatic rings. The van der Waals surface area contributed by atoms with Crippen LogP contribution in [0.3, 0.4) is 0 Å². The van der Waals surface area contributed by atoms with Crippen molar-refractivity contribution in [3.8, 4) is 0 Å². The standard InChI is InChI=1S/C16H32N2/c1-2-6-10-15(9-5-1)17-13-14-18-16-11-7-3-4-8-12-16/h15-18H,1-14H2. The van der Waals surface area contributed by atoms with Crippen LogP contribution in [0.2, 0.25) is 0 Å². The van der Waals surface area contributed by atoms with Crippen molar-refractivity contribution in [2.24, 2.45) is 0 Å². The molecule has 2 aliphatic carbocycles. The molecule has 0 bridgehead atoms. The van der Waals surface area contributed by atoms with Crippen molar-refractivity contribution in [3.05, 3.63) is 0 Å². The Morgan fingerprint density at radius 3 is 1.17 bits per heavy atom. The van der Waals surface area contributed by atoms with E-state index < -0.39 is 0 Å². The van der Waals surface area contributed by atoms with E-state index in [4.69, 9.17) is 0 Å². The molecule has 0 saturated heterocycles. The summed E-state index contributed by atoms with van der Waals surface area (Å²) in [7, 11) is 0. The molecule has 0 aromatic carbocycles. The third-order valence-electron chi connectivity index (χ3n) is 4.70. The lowest BCUT2D eigenvalue weighted by molar-refractivity contribution is 0.419. The second-order valence-corrected chi connectivity index (χ2v) is 6.29. The first kappa shape index (κ1) is 14.3. The maximum Gasteiger partial charge on any atom is 0.00794 e. The molecule has 2 rings (SSSR count). The molecule has 2 nitrogen and oxygen atoms in total. The number of nitrogens with one attached hydrogen (secondary N) is 2. The number of rotatable bonds is 5. The van der Waals surface area contributed by atoms with E-state index in [0.717, 1.165) is 12.1 Å². The quantitative estimate of drug-likeness (QED) is 0.577. The van der Waals surface area contributed by atoms with Crippen LogP contribution in [0, 0.1) is 0 Å². The molecule has 0 unspecified atom stereocenters. The van der Waals surface area contributed by atoms with Crippen molar-refractivity contribution in [2.45, 2.75) is 89.1 Å². The minimum absolute atomic E-state index is 0.809. The number of hydrogen-bond acceptors (Lipinski definition) is 2. The predicted octanol–water partition coefficient (Wildman–Crippen LogP) is 3.61. The first-order chi connectivity index (χ1) is 8.95. The van der Waals surface area contributed by atoms with Gasteiger partial charge in [0.15, 0.2) is 0 Å². The van der Waals surface area contributed by atoms with Gasteiger partial charge in [0.2, 0.25) is 0 Å². The molecule has 0 atom stereocenters.